The molecule has 0 aromatic heterocycles. The van der Waals surface area contributed by atoms with Gasteiger partial charge in [0.1, 0.15) is 30.6 Å². The van der Waals surface area contributed by atoms with E-state index in [1.54, 1.807) is 54.6 Å². The van der Waals surface area contributed by atoms with Crippen LogP contribution in [0.4, 0.5) is 5.69 Å². The predicted molar refractivity (Wildman–Crippen MR) is 173 cm³/mol. The largest absolute Gasteiger partial charge is 0.490 e. The van der Waals surface area contributed by atoms with Crippen molar-refractivity contribution < 1.29 is 19.0 Å². The van der Waals surface area contributed by atoms with Crippen molar-refractivity contribution in [2.24, 2.45) is 0 Å². The first-order valence-electron chi connectivity index (χ1n) is 12.7. The molecule has 0 spiro atoms. The summed E-state index contributed by atoms with van der Waals surface area (Å²) in [4.78, 5) is 12.9. The highest BCUT2D eigenvalue weighted by atomic mass is 79.9. The number of carbonyl (C=O) groups excluding carboxylic acids is 1. The SMILES string of the molecule is CCOc1cc(/C=C(\C#N)C(=O)Nc2ccc(OCc3ccc(Cl)cc3Cl)cc2)cc(Br)c1OCc1ccc(Br)cc1. The number of nitrogens with zero attached hydrogens (tertiary/aromatic N) is 1. The van der Waals surface area contributed by atoms with Gasteiger partial charge < -0.3 is 19.5 Å². The predicted octanol–water partition coefficient (Wildman–Crippen LogP) is 9.62. The van der Waals surface area contributed by atoms with Crippen LogP contribution in [-0.4, -0.2) is 12.5 Å². The van der Waals surface area contributed by atoms with Gasteiger partial charge in [-0.1, -0.05) is 57.3 Å². The van der Waals surface area contributed by atoms with Crippen LogP contribution in [0.2, 0.25) is 10.0 Å². The highest BCUT2D eigenvalue weighted by Crippen LogP contribution is 2.38. The molecule has 4 aromatic carbocycles. The monoisotopic (exact) mass is 728 g/mol. The van der Waals surface area contributed by atoms with Crippen molar-refractivity contribution >= 4 is 72.7 Å². The molecule has 0 saturated carbocycles. The average Bonchev–Trinajstić information content (AvgIpc) is 2.97. The van der Waals surface area contributed by atoms with Crippen LogP contribution in [0.25, 0.3) is 6.08 Å². The third kappa shape index (κ3) is 8.76. The lowest BCUT2D eigenvalue weighted by Gasteiger charge is -2.15. The Morgan fingerprint density at radius 1 is 0.929 bits per heavy atom. The smallest absolute Gasteiger partial charge is 0.266 e. The van der Waals surface area contributed by atoms with E-state index in [9.17, 15) is 10.1 Å². The van der Waals surface area contributed by atoms with Crippen molar-refractivity contribution in [1.82, 2.24) is 0 Å². The fraction of sp³-hybridized carbons (Fsp3) is 0.125. The fourth-order valence-electron chi connectivity index (χ4n) is 3.76. The van der Waals surface area contributed by atoms with Gasteiger partial charge in [0.15, 0.2) is 11.5 Å². The summed E-state index contributed by atoms with van der Waals surface area (Å²) in [5.41, 5.74) is 2.81. The molecule has 214 valence electrons. The molecule has 0 saturated heterocycles. The maximum Gasteiger partial charge on any atom is 0.266 e. The summed E-state index contributed by atoms with van der Waals surface area (Å²) in [6.07, 6.45) is 1.49. The van der Waals surface area contributed by atoms with E-state index >= 15 is 0 Å². The molecule has 0 aliphatic carbocycles. The first-order chi connectivity index (χ1) is 20.2. The minimum atomic E-state index is -0.552. The van der Waals surface area contributed by atoms with Gasteiger partial charge in [-0.3, -0.25) is 4.79 Å². The number of hydrogen-bond donors (Lipinski definition) is 1. The van der Waals surface area contributed by atoms with Crippen LogP contribution in [0.1, 0.15) is 23.6 Å². The Labute approximate surface area is 271 Å². The average molecular weight is 731 g/mol. The van der Waals surface area contributed by atoms with Crippen LogP contribution in [0.15, 0.2) is 93.4 Å². The summed E-state index contributed by atoms with van der Waals surface area (Å²) in [6, 6.07) is 25.3. The lowest BCUT2D eigenvalue weighted by Crippen LogP contribution is -2.13. The number of benzene rings is 4. The van der Waals surface area contributed by atoms with Crippen molar-refractivity contribution in [3.63, 3.8) is 0 Å². The standard InChI is InChI=1S/C32H24Br2Cl2N2O4/c1-2-40-30-15-21(14-28(34)31(30)42-18-20-3-6-24(33)7-4-20)13-23(17-37)32(39)38-26-9-11-27(12-10-26)41-19-22-5-8-25(35)16-29(22)36/h3-16H,2,18-19H2,1H3,(H,38,39)/b23-13+. The molecule has 6 nitrogen and oxygen atoms in total. The molecular weight excluding hydrogens is 707 g/mol. The number of nitrogens with one attached hydrogen (secondary N) is 1. The van der Waals surface area contributed by atoms with Gasteiger partial charge in [0.2, 0.25) is 0 Å². The lowest BCUT2D eigenvalue weighted by atomic mass is 10.1. The van der Waals surface area contributed by atoms with Gasteiger partial charge in [0.05, 0.1) is 11.1 Å². The van der Waals surface area contributed by atoms with E-state index in [4.69, 9.17) is 37.4 Å². The van der Waals surface area contributed by atoms with E-state index in [0.717, 1.165) is 15.6 Å². The van der Waals surface area contributed by atoms with Crippen molar-refractivity contribution in [3.8, 4) is 23.3 Å². The van der Waals surface area contributed by atoms with E-state index in [-0.39, 0.29) is 12.2 Å². The number of ether oxygens (including phenoxy) is 3. The fourth-order valence-corrected chi connectivity index (χ4v) is 5.06. The molecular formula is C32H24Br2Cl2N2O4. The van der Waals surface area contributed by atoms with Crippen LogP contribution in [0, 0.1) is 11.3 Å². The van der Waals surface area contributed by atoms with Crippen molar-refractivity contribution in [3.05, 3.63) is 120 Å². The summed E-state index contributed by atoms with van der Waals surface area (Å²) < 4.78 is 19.3. The second-order valence-corrected chi connectivity index (χ2v) is 11.5. The molecule has 0 bridgehead atoms. The Hall–Kier alpha value is -3.48. The summed E-state index contributed by atoms with van der Waals surface area (Å²) >= 11 is 19.1. The van der Waals surface area contributed by atoms with Crippen LogP contribution < -0.4 is 19.5 Å². The zero-order chi connectivity index (χ0) is 30.1. The van der Waals surface area contributed by atoms with Gasteiger partial charge in [0.25, 0.3) is 5.91 Å². The Kier molecular flexibility index (Phi) is 11.3. The number of amides is 1. The zero-order valence-electron chi connectivity index (χ0n) is 22.3. The van der Waals surface area contributed by atoms with E-state index < -0.39 is 5.91 Å². The molecule has 0 unspecified atom stereocenters. The van der Waals surface area contributed by atoms with Crippen molar-refractivity contribution in [1.29, 1.82) is 5.26 Å². The maximum atomic E-state index is 12.9. The second kappa shape index (κ2) is 15.1. The molecule has 10 heteroatoms. The maximum absolute atomic E-state index is 12.9. The highest BCUT2D eigenvalue weighted by Gasteiger charge is 2.15. The molecule has 42 heavy (non-hydrogen) atoms. The Morgan fingerprint density at radius 2 is 1.67 bits per heavy atom. The first-order valence-corrected chi connectivity index (χ1v) is 15.0. The molecule has 0 aliphatic heterocycles. The summed E-state index contributed by atoms with van der Waals surface area (Å²) in [5, 5.41) is 13.6. The number of carbonyl (C=O) groups is 1. The summed E-state index contributed by atoms with van der Waals surface area (Å²) in [5.74, 6) is 1.05. The molecule has 0 aliphatic rings. The number of hydrogen-bond acceptors (Lipinski definition) is 5. The van der Waals surface area contributed by atoms with Crippen LogP contribution in [0.3, 0.4) is 0 Å². The van der Waals surface area contributed by atoms with E-state index in [1.807, 2.05) is 37.3 Å². The zero-order valence-corrected chi connectivity index (χ0v) is 27.0. The lowest BCUT2D eigenvalue weighted by molar-refractivity contribution is -0.112. The van der Waals surface area contributed by atoms with Gasteiger partial charge in [-0.15, -0.1) is 0 Å². The van der Waals surface area contributed by atoms with Crippen molar-refractivity contribution in [2.45, 2.75) is 20.1 Å². The first kappa shape index (κ1) is 31.5. The van der Waals surface area contributed by atoms with Crippen LogP contribution >= 0.6 is 55.1 Å². The molecule has 1 N–H and O–H groups in total. The molecule has 4 aromatic rings. The quantitative estimate of drug-likeness (QED) is 0.123. The Bertz CT molecular complexity index is 1640. The molecule has 0 radical (unpaired) electrons. The molecule has 0 heterocycles. The van der Waals surface area contributed by atoms with Gasteiger partial charge in [-0.05, 0) is 101 Å². The molecule has 0 fully saturated rings. The Morgan fingerprint density at radius 3 is 2.33 bits per heavy atom. The third-order valence-electron chi connectivity index (χ3n) is 5.83. The highest BCUT2D eigenvalue weighted by molar-refractivity contribution is 9.10. The summed E-state index contributed by atoms with van der Waals surface area (Å²) in [6.45, 7) is 2.88. The molecule has 1 amide bonds. The van der Waals surface area contributed by atoms with Gasteiger partial charge in [-0.25, -0.2) is 0 Å². The van der Waals surface area contributed by atoms with E-state index in [1.165, 1.54) is 6.08 Å². The molecule has 4 rings (SSSR count). The van der Waals surface area contributed by atoms with Crippen LogP contribution in [-0.2, 0) is 18.0 Å². The topological polar surface area (TPSA) is 80.6 Å². The van der Waals surface area contributed by atoms with Gasteiger partial charge in [-0.2, -0.15) is 5.26 Å². The minimum absolute atomic E-state index is 0.0782. The third-order valence-corrected chi connectivity index (χ3v) is 7.53. The number of nitriles is 1. The number of halogens is 4. The van der Waals surface area contributed by atoms with Crippen molar-refractivity contribution in [2.75, 3.05) is 11.9 Å². The van der Waals surface area contributed by atoms with Crippen LogP contribution in [0.5, 0.6) is 17.2 Å². The second-order valence-electron chi connectivity index (χ2n) is 8.85. The number of rotatable bonds is 11. The van der Waals surface area contributed by atoms with Gasteiger partial charge >= 0.3 is 0 Å². The van der Waals surface area contributed by atoms with E-state index in [2.05, 4.69) is 37.2 Å². The minimum Gasteiger partial charge on any atom is -0.490 e. The van der Waals surface area contributed by atoms with E-state index in [0.29, 0.717) is 56.2 Å². The summed E-state index contributed by atoms with van der Waals surface area (Å²) in [7, 11) is 0. The molecule has 0 atom stereocenters. The Balaban J connectivity index is 1.43. The van der Waals surface area contributed by atoms with Gasteiger partial charge in [0, 0.05) is 25.8 Å². The number of anilines is 1. The normalized spacial score (nSPS) is 11.0.